The molecule has 0 aromatic heterocycles. The predicted molar refractivity (Wildman–Crippen MR) is 67.5 cm³/mol. The number of ether oxygens (including phenoxy) is 1. The fourth-order valence-electron chi connectivity index (χ4n) is 2.48. The highest BCUT2D eigenvalue weighted by Crippen LogP contribution is 2.41. The highest BCUT2D eigenvalue weighted by atomic mass is 32.2. The summed E-state index contributed by atoms with van der Waals surface area (Å²) in [5, 5.41) is 8.30. The molecular weight excluding hydrogens is 240 g/mol. The van der Waals surface area contributed by atoms with E-state index in [-0.39, 0.29) is 22.5 Å². The van der Waals surface area contributed by atoms with E-state index in [9.17, 15) is 9.00 Å². The molecule has 1 heterocycles. The lowest BCUT2D eigenvalue weighted by molar-refractivity contribution is -0.136. The Kier molecular flexibility index (Phi) is 4.04. The monoisotopic (exact) mass is 262 g/mol. The van der Waals surface area contributed by atoms with Crippen molar-refractivity contribution in [1.29, 1.82) is 0 Å². The molecule has 1 rings (SSSR count). The van der Waals surface area contributed by atoms with Gasteiger partial charge in [-0.05, 0) is 34.1 Å². The molecule has 1 aliphatic rings. The summed E-state index contributed by atoms with van der Waals surface area (Å²) < 4.78 is 18.2. The third-order valence-electron chi connectivity index (χ3n) is 3.13. The molecule has 4 nitrogen and oxygen atoms in total. The summed E-state index contributed by atoms with van der Waals surface area (Å²) in [4.78, 5) is 10.7. The highest BCUT2D eigenvalue weighted by Gasteiger charge is 2.49. The van der Waals surface area contributed by atoms with Crippen molar-refractivity contribution in [3.8, 4) is 0 Å². The summed E-state index contributed by atoms with van der Waals surface area (Å²) in [7, 11) is -1.18. The summed E-state index contributed by atoms with van der Waals surface area (Å²) in [6.07, 6.45) is 0.649. The smallest absolute Gasteiger partial charge is 0.304 e. The zero-order valence-corrected chi connectivity index (χ0v) is 12.0. The third-order valence-corrected chi connectivity index (χ3v) is 5.39. The van der Waals surface area contributed by atoms with Crippen LogP contribution in [0.1, 0.15) is 47.5 Å². The van der Waals surface area contributed by atoms with Gasteiger partial charge in [-0.2, -0.15) is 0 Å². The van der Waals surface area contributed by atoms with E-state index in [4.69, 9.17) is 9.84 Å². The van der Waals surface area contributed by atoms with E-state index < -0.39 is 22.4 Å². The molecule has 17 heavy (non-hydrogen) atoms. The maximum absolute atomic E-state index is 12.4. The molecule has 100 valence electrons. The number of rotatable bonds is 4. The van der Waals surface area contributed by atoms with Gasteiger partial charge in [-0.25, -0.2) is 0 Å². The maximum atomic E-state index is 12.4. The van der Waals surface area contributed by atoms with Gasteiger partial charge in [-0.3, -0.25) is 9.00 Å². The van der Waals surface area contributed by atoms with Crippen molar-refractivity contribution in [2.75, 3.05) is 0 Å². The first-order valence-electron chi connectivity index (χ1n) is 5.86. The Bertz CT molecular complexity index is 335. The summed E-state index contributed by atoms with van der Waals surface area (Å²) in [5.41, 5.74) is -0.742. The number of hydrogen-bond donors (Lipinski definition) is 1. The second kappa shape index (κ2) is 4.69. The van der Waals surface area contributed by atoms with Crippen LogP contribution >= 0.6 is 0 Å². The Balaban J connectivity index is 2.79. The predicted octanol–water partition coefficient (Wildman–Crippen LogP) is 1.94. The van der Waals surface area contributed by atoms with Crippen LogP contribution in [0.15, 0.2) is 0 Å². The average molecular weight is 262 g/mol. The van der Waals surface area contributed by atoms with Crippen LogP contribution in [-0.2, 0) is 20.3 Å². The summed E-state index contributed by atoms with van der Waals surface area (Å²) in [6.45, 7) is 9.54. The fraction of sp³-hybridized carbons (Fsp3) is 0.917. The fourth-order valence-corrected chi connectivity index (χ4v) is 4.52. The quantitative estimate of drug-likeness (QED) is 0.841. The van der Waals surface area contributed by atoms with Crippen molar-refractivity contribution in [2.24, 2.45) is 0 Å². The first-order chi connectivity index (χ1) is 7.55. The minimum Gasteiger partial charge on any atom is -0.481 e. The van der Waals surface area contributed by atoms with Crippen molar-refractivity contribution in [3.63, 3.8) is 0 Å². The molecule has 1 saturated heterocycles. The summed E-state index contributed by atoms with van der Waals surface area (Å²) in [6, 6.07) is 0. The van der Waals surface area contributed by atoms with Crippen LogP contribution in [0.5, 0.6) is 0 Å². The molecule has 3 atom stereocenters. The van der Waals surface area contributed by atoms with Crippen LogP contribution in [0.4, 0.5) is 0 Å². The second-order valence-corrected chi connectivity index (χ2v) is 7.93. The standard InChI is InChI=1S/C12H22O4S/c1-8(6-10(13)14)17(15)9-7-11(2,3)16-12(9,4)5/h8-9H,6-7H2,1-5H3,(H,13,14). The zero-order chi connectivity index (χ0) is 13.4. The van der Waals surface area contributed by atoms with Gasteiger partial charge in [0.1, 0.15) is 0 Å². The number of hydrogen-bond acceptors (Lipinski definition) is 3. The molecule has 0 radical (unpaired) electrons. The number of carboxylic acids is 1. The average Bonchev–Trinajstić information content (AvgIpc) is 2.31. The van der Waals surface area contributed by atoms with Crippen LogP contribution in [0, 0.1) is 0 Å². The molecule has 3 unspecified atom stereocenters. The topological polar surface area (TPSA) is 63.6 Å². The van der Waals surface area contributed by atoms with Gasteiger partial charge in [0.05, 0.1) is 22.9 Å². The van der Waals surface area contributed by atoms with E-state index >= 15 is 0 Å². The lowest BCUT2D eigenvalue weighted by Gasteiger charge is -2.28. The second-order valence-electron chi connectivity index (χ2n) is 5.89. The van der Waals surface area contributed by atoms with E-state index in [0.29, 0.717) is 6.42 Å². The van der Waals surface area contributed by atoms with Crippen LogP contribution in [-0.4, -0.2) is 37.0 Å². The number of carbonyl (C=O) groups is 1. The maximum Gasteiger partial charge on any atom is 0.304 e. The minimum absolute atomic E-state index is 0.0559. The first kappa shape index (κ1) is 14.6. The Morgan fingerprint density at radius 1 is 1.47 bits per heavy atom. The molecule has 0 aliphatic carbocycles. The van der Waals surface area contributed by atoms with E-state index in [0.717, 1.165) is 0 Å². The van der Waals surface area contributed by atoms with Crippen molar-refractivity contribution >= 4 is 16.8 Å². The van der Waals surface area contributed by atoms with Gasteiger partial charge in [0.25, 0.3) is 0 Å². The van der Waals surface area contributed by atoms with Crippen molar-refractivity contribution in [3.05, 3.63) is 0 Å². The van der Waals surface area contributed by atoms with Crippen molar-refractivity contribution in [1.82, 2.24) is 0 Å². The largest absolute Gasteiger partial charge is 0.481 e. The van der Waals surface area contributed by atoms with Crippen LogP contribution < -0.4 is 0 Å². The van der Waals surface area contributed by atoms with Gasteiger partial charge in [-0.1, -0.05) is 6.92 Å². The molecule has 1 fully saturated rings. The zero-order valence-electron chi connectivity index (χ0n) is 11.1. The van der Waals surface area contributed by atoms with Gasteiger partial charge in [0, 0.05) is 16.0 Å². The Labute approximate surface area is 105 Å². The number of carboxylic acid groups (broad SMARTS) is 1. The lowest BCUT2D eigenvalue weighted by atomic mass is 10.0. The van der Waals surface area contributed by atoms with Gasteiger partial charge in [0.2, 0.25) is 0 Å². The molecule has 0 spiro atoms. The van der Waals surface area contributed by atoms with Crippen LogP contribution in [0.3, 0.4) is 0 Å². The minimum atomic E-state index is -1.18. The molecule has 0 amide bonds. The Morgan fingerprint density at radius 3 is 2.35 bits per heavy atom. The SMILES string of the molecule is CC(CC(=O)O)S(=O)C1CC(C)(C)OC1(C)C. The summed E-state index contributed by atoms with van der Waals surface area (Å²) >= 11 is 0. The first-order valence-corrected chi connectivity index (χ1v) is 7.14. The Morgan fingerprint density at radius 2 is 2.00 bits per heavy atom. The van der Waals surface area contributed by atoms with Crippen molar-refractivity contribution in [2.45, 2.75) is 69.2 Å². The number of aliphatic carboxylic acids is 1. The molecule has 0 saturated carbocycles. The van der Waals surface area contributed by atoms with E-state index in [1.54, 1.807) is 6.92 Å². The van der Waals surface area contributed by atoms with Gasteiger partial charge in [-0.15, -0.1) is 0 Å². The van der Waals surface area contributed by atoms with E-state index in [2.05, 4.69) is 0 Å². The molecule has 1 N–H and O–H groups in total. The summed E-state index contributed by atoms with van der Waals surface area (Å²) in [5.74, 6) is -0.901. The molecule has 0 bridgehead atoms. The molecule has 5 heteroatoms. The van der Waals surface area contributed by atoms with Crippen LogP contribution in [0.25, 0.3) is 0 Å². The molecule has 0 aromatic rings. The van der Waals surface area contributed by atoms with Gasteiger partial charge in [0.15, 0.2) is 0 Å². The normalized spacial score (nSPS) is 29.8. The van der Waals surface area contributed by atoms with Gasteiger partial charge >= 0.3 is 5.97 Å². The third kappa shape index (κ3) is 3.52. The highest BCUT2D eigenvalue weighted by molar-refractivity contribution is 7.86. The Hall–Kier alpha value is -0.420. The lowest BCUT2D eigenvalue weighted by Crippen LogP contribution is -2.39. The molecular formula is C12H22O4S. The van der Waals surface area contributed by atoms with E-state index in [1.165, 1.54) is 0 Å². The van der Waals surface area contributed by atoms with Crippen molar-refractivity contribution < 1.29 is 18.8 Å². The molecule has 1 aliphatic heterocycles. The van der Waals surface area contributed by atoms with E-state index in [1.807, 2.05) is 27.7 Å². The van der Waals surface area contributed by atoms with Gasteiger partial charge < -0.3 is 9.84 Å². The molecule has 0 aromatic carbocycles. The van der Waals surface area contributed by atoms with Crippen LogP contribution in [0.2, 0.25) is 0 Å².